The van der Waals surface area contributed by atoms with E-state index in [0.29, 0.717) is 19.0 Å². The maximum atomic E-state index is 12.1. The number of nitrogens with zero attached hydrogens (tertiary/aromatic N) is 2. The van der Waals surface area contributed by atoms with Crippen molar-refractivity contribution in [1.29, 1.82) is 0 Å². The van der Waals surface area contributed by atoms with E-state index in [1.807, 2.05) is 17.2 Å². The lowest BCUT2D eigenvalue weighted by atomic mass is 9.91. The number of hydrogen-bond donors (Lipinski definition) is 1. The van der Waals surface area contributed by atoms with Crippen molar-refractivity contribution < 1.29 is 9.90 Å². The van der Waals surface area contributed by atoms with Gasteiger partial charge >= 0.3 is 0 Å². The zero-order valence-electron chi connectivity index (χ0n) is 10.1. The lowest BCUT2D eigenvalue weighted by Gasteiger charge is -2.37. The maximum absolute atomic E-state index is 12.1. The van der Waals surface area contributed by atoms with Crippen LogP contribution in [0, 0.1) is 6.92 Å². The fourth-order valence-corrected chi connectivity index (χ4v) is 2.68. The van der Waals surface area contributed by atoms with E-state index in [-0.39, 0.29) is 12.5 Å². The molecule has 4 nitrogen and oxygen atoms in total. The molecule has 1 aliphatic carbocycles. The third kappa shape index (κ3) is 3.04. The third-order valence-corrected chi connectivity index (χ3v) is 4.00. The summed E-state index contributed by atoms with van der Waals surface area (Å²) >= 11 is 1.57. The Kier molecular flexibility index (Phi) is 4.12. The molecule has 1 heterocycles. The van der Waals surface area contributed by atoms with Gasteiger partial charge in [0.15, 0.2) is 0 Å². The molecule has 1 amide bonds. The molecule has 1 fully saturated rings. The van der Waals surface area contributed by atoms with Gasteiger partial charge in [-0.05, 0) is 26.2 Å². The SMILES string of the molecule is Cc1nc(CC(=O)N(CCO)C2CCC2)cs1. The average Bonchev–Trinajstić information content (AvgIpc) is 2.60. The van der Waals surface area contributed by atoms with Crippen LogP contribution in [-0.4, -0.2) is 40.1 Å². The monoisotopic (exact) mass is 254 g/mol. The van der Waals surface area contributed by atoms with Gasteiger partial charge in [0.1, 0.15) is 0 Å². The maximum Gasteiger partial charge on any atom is 0.228 e. The van der Waals surface area contributed by atoms with Crippen LogP contribution < -0.4 is 0 Å². The Bertz CT molecular complexity index is 388. The van der Waals surface area contributed by atoms with Crippen molar-refractivity contribution in [3.8, 4) is 0 Å². The van der Waals surface area contributed by atoms with Crippen molar-refractivity contribution in [3.63, 3.8) is 0 Å². The van der Waals surface area contributed by atoms with Crippen LogP contribution in [0.5, 0.6) is 0 Å². The van der Waals surface area contributed by atoms with Crippen LogP contribution in [0.3, 0.4) is 0 Å². The zero-order valence-corrected chi connectivity index (χ0v) is 10.9. The molecule has 0 aromatic carbocycles. The quantitative estimate of drug-likeness (QED) is 0.863. The highest BCUT2D eigenvalue weighted by molar-refractivity contribution is 7.09. The van der Waals surface area contributed by atoms with Crippen molar-refractivity contribution in [2.24, 2.45) is 0 Å². The largest absolute Gasteiger partial charge is 0.395 e. The Morgan fingerprint density at radius 3 is 2.88 bits per heavy atom. The number of rotatable bonds is 5. The van der Waals surface area contributed by atoms with Gasteiger partial charge in [0.05, 0.1) is 23.7 Å². The summed E-state index contributed by atoms with van der Waals surface area (Å²) < 4.78 is 0. The van der Waals surface area contributed by atoms with E-state index in [1.165, 1.54) is 6.42 Å². The van der Waals surface area contributed by atoms with Gasteiger partial charge in [-0.1, -0.05) is 0 Å². The molecule has 94 valence electrons. The zero-order chi connectivity index (χ0) is 12.3. The van der Waals surface area contributed by atoms with E-state index in [1.54, 1.807) is 11.3 Å². The van der Waals surface area contributed by atoms with Crippen LogP contribution in [-0.2, 0) is 11.2 Å². The van der Waals surface area contributed by atoms with Crippen LogP contribution in [0.4, 0.5) is 0 Å². The number of carbonyl (C=O) groups is 1. The van der Waals surface area contributed by atoms with Gasteiger partial charge < -0.3 is 10.0 Å². The molecule has 1 aliphatic rings. The Hall–Kier alpha value is -0.940. The number of amides is 1. The Balaban J connectivity index is 1.95. The van der Waals surface area contributed by atoms with E-state index in [0.717, 1.165) is 23.5 Å². The lowest BCUT2D eigenvalue weighted by Crippen LogP contribution is -2.46. The number of thiazole rings is 1. The van der Waals surface area contributed by atoms with Gasteiger partial charge in [0.25, 0.3) is 0 Å². The van der Waals surface area contributed by atoms with Crippen molar-refractivity contribution in [2.45, 2.75) is 38.6 Å². The number of carbonyl (C=O) groups excluding carboxylic acids is 1. The molecule has 1 aromatic rings. The van der Waals surface area contributed by atoms with E-state index >= 15 is 0 Å². The first-order chi connectivity index (χ1) is 8.20. The van der Waals surface area contributed by atoms with Gasteiger partial charge in [-0.15, -0.1) is 11.3 Å². The van der Waals surface area contributed by atoms with E-state index in [2.05, 4.69) is 4.98 Å². The minimum Gasteiger partial charge on any atom is -0.395 e. The van der Waals surface area contributed by atoms with Crippen molar-refractivity contribution in [2.75, 3.05) is 13.2 Å². The minimum atomic E-state index is 0.0400. The third-order valence-electron chi connectivity index (χ3n) is 3.18. The molecule has 0 unspecified atom stereocenters. The summed E-state index contributed by atoms with van der Waals surface area (Å²) in [6.45, 7) is 2.43. The van der Waals surface area contributed by atoms with Gasteiger partial charge in [-0.25, -0.2) is 4.98 Å². The first-order valence-electron chi connectivity index (χ1n) is 6.02. The number of aliphatic hydroxyl groups excluding tert-OH is 1. The summed E-state index contributed by atoms with van der Waals surface area (Å²) in [5.74, 6) is 0.0917. The van der Waals surface area contributed by atoms with Crippen LogP contribution in [0.1, 0.15) is 30.0 Å². The molecule has 1 saturated carbocycles. The fraction of sp³-hybridized carbons (Fsp3) is 0.667. The summed E-state index contributed by atoms with van der Waals surface area (Å²) in [7, 11) is 0. The second kappa shape index (κ2) is 5.60. The standard InChI is InChI=1S/C12H18N2O2S/c1-9-13-10(8-17-9)7-12(16)14(5-6-15)11-3-2-4-11/h8,11,15H,2-7H2,1H3. The predicted octanol–water partition coefficient (Wildman–Crippen LogP) is 1.37. The molecule has 1 N–H and O–H groups in total. The molecule has 5 heteroatoms. The first-order valence-corrected chi connectivity index (χ1v) is 6.90. The number of hydrogen-bond acceptors (Lipinski definition) is 4. The molecular weight excluding hydrogens is 236 g/mol. The van der Waals surface area contributed by atoms with Gasteiger partial charge in [0.2, 0.25) is 5.91 Å². The molecule has 2 rings (SSSR count). The summed E-state index contributed by atoms with van der Waals surface area (Å²) in [5.41, 5.74) is 0.847. The normalized spacial score (nSPS) is 15.6. The van der Waals surface area contributed by atoms with Crippen LogP contribution in [0.2, 0.25) is 0 Å². The summed E-state index contributed by atoms with van der Waals surface area (Å²) in [5, 5.41) is 11.9. The van der Waals surface area contributed by atoms with Crippen LogP contribution >= 0.6 is 11.3 Å². The minimum absolute atomic E-state index is 0.0400. The van der Waals surface area contributed by atoms with Crippen molar-refractivity contribution in [1.82, 2.24) is 9.88 Å². The molecule has 0 radical (unpaired) electrons. The fourth-order valence-electron chi connectivity index (χ4n) is 2.06. The summed E-state index contributed by atoms with van der Waals surface area (Å²) in [4.78, 5) is 18.2. The van der Waals surface area contributed by atoms with Crippen molar-refractivity contribution in [3.05, 3.63) is 16.1 Å². The Labute approximate surface area is 105 Å². The van der Waals surface area contributed by atoms with Crippen LogP contribution in [0.15, 0.2) is 5.38 Å². The Morgan fingerprint density at radius 1 is 1.65 bits per heavy atom. The average molecular weight is 254 g/mol. The van der Waals surface area contributed by atoms with E-state index in [9.17, 15) is 4.79 Å². The molecule has 0 aliphatic heterocycles. The van der Waals surface area contributed by atoms with Gasteiger partial charge in [-0.3, -0.25) is 4.79 Å². The second-order valence-corrected chi connectivity index (χ2v) is 5.49. The van der Waals surface area contributed by atoms with E-state index in [4.69, 9.17) is 5.11 Å². The highest BCUT2D eigenvalue weighted by atomic mass is 32.1. The lowest BCUT2D eigenvalue weighted by molar-refractivity contribution is -0.135. The van der Waals surface area contributed by atoms with E-state index < -0.39 is 0 Å². The second-order valence-electron chi connectivity index (χ2n) is 4.43. The molecule has 0 spiro atoms. The molecular formula is C12H18N2O2S. The van der Waals surface area contributed by atoms with Crippen LogP contribution in [0.25, 0.3) is 0 Å². The van der Waals surface area contributed by atoms with Gasteiger partial charge in [-0.2, -0.15) is 0 Å². The summed E-state index contributed by atoms with van der Waals surface area (Å²) in [6.07, 6.45) is 3.69. The van der Waals surface area contributed by atoms with Gasteiger partial charge in [0, 0.05) is 18.0 Å². The molecule has 0 bridgehead atoms. The number of aliphatic hydroxyl groups is 1. The number of aromatic nitrogens is 1. The molecule has 0 saturated heterocycles. The predicted molar refractivity (Wildman–Crippen MR) is 67.0 cm³/mol. The smallest absolute Gasteiger partial charge is 0.228 e. The molecule has 0 atom stereocenters. The highest BCUT2D eigenvalue weighted by Gasteiger charge is 2.28. The molecule has 17 heavy (non-hydrogen) atoms. The topological polar surface area (TPSA) is 53.4 Å². The Morgan fingerprint density at radius 2 is 2.41 bits per heavy atom. The number of aryl methyl sites for hydroxylation is 1. The first kappa shape index (κ1) is 12.5. The van der Waals surface area contributed by atoms with Crippen molar-refractivity contribution >= 4 is 17.2 Å². The highest BCUT2D eigenvalue weighted by Crippen LogP contribution is 2.25. The summed E-state index contributed by atoms with van der Waals surface area (Å²) in [6, 6.07) is 0.342. The molecule has 1 aromatic heterocycles.